The van der Waals surface area contributed by atoms with E-state index >= 15 is 0 Å². The molecule has 0 radical (unpaired) electrons. The summed E-state index contributed by atoms with van der Waals surface area (Å²) >= 11 is 5.56. The number of carbonyl (C=O) groups excluding carboxylic acids is 1. The number of amides is 1. The molecule has 1 aliphatic rings. The maximum atomic E-state index is 11.6. The molecule has 1 aliphatic heterocycles. The molecule has 0 N–H and O–H groups in total. The summed E-state index contributed by atoms with van der Waals surface area (Å²) in [6, 6.07) is 0. The Morgan fingerprint density at radius 1 is 1.43 bits per heavy atom. The van der Waals surface area contributed by atoms with Gasteiger partial charge < -0.3 is 4.90 Å². The van der Waals surface area contributed by atoms with Crippen LogP contribution in [0, 0.1) is 5.92 Å². The van der Waals surface area contributed by atoms with Gasteiger partial charge in [-0.15, -0.1) is 11.6 Å². The fraction of sp³-hybridized carbons (Fsp3) is 0.909. The monoisotopic (exact) mass is 217 g/mol. The van der Waals surface area contributed by atoms with E-state index in [4.69, 9.17) is 11.6 Å². The average Bonchev–Trinajstić information content (AvgIpc) is 2.26. The second-order valence-corrected chi connectivity index (χ2v) is 4.40. The number of halogens is 1. The Morgan fingerprint density at radius 3 is 2.57 bits per heavy atom. The summed E-state index contributed by atoms with van der Waals surface area (Å²) in [6.45, 7) is 4.15. The molecule has 0 unspecified atom stereocenters. The van der Waals surface area contributed by atoms with E-state index in [2.05, 4.69) is 6.92 Å². The number of piperidine rings is 1. The van der Waals surface area contributed by atoms with Crippen molar-refractivity contribution in [2.75, 3.05) is 19.0 Å². The van der Waals surface area contributed by atoms with Crippen molar-refractivity contribution >= 4 is 17.5 Å². The predicted octanol–water partition coefficient (Wildman–Crippen LogP) is 2.65. The minimum Gasteiger partial charge on any atom is -0.343 e. The highest BCUT2D eigenvalue weighted by Gasteiger charge is 2.20. The lowest BCUT2D eigenvalue weighted by Crippen LogP contribution is -2.38. The van der Waals surface area contributed by atoms with E-state index in [1.807, 2.05) is 4.90 Å². The molecule has 0 aromatic carbocycles. The van der Waals surface area contributed by atoms with Gasteiger partial charge in [0.25, 0.3) is 0 Å². The van der Waals surface area contributed by atoms with Gasteiger partial charge in [0.2, 0.25) is 5.91 Å². The van der Waals surface area contributed by atoms with Gasteiger partial charge in [-0.05, 0) is 25.2 Å². The van der Waals surface area contributed by atoms with Crippen molar-refractivity contribution in [2.45, 2.75) is 39.0 Å². The van der Waals surface area contributed by atoms with Crippen LogP contribution in [0.2, 0.25) is 0 Å². The van der Waals surface area contributed by atoms with Crippen molar-refractivity contribution in [1.82, 2.24) is 4.90 Å². The number of nitrogens with zero attached hydrogens (tertiary/aromatic N) is 1. The zero-order valence-corrected chi connectivity index (χ0v) is 9.72. The summed E-state index contributed by atoms with van der Waals surface area (Å²) in [5, 5.41) is 0. The Labute approximate surface area is 91.6 Å². The molecule has 1 heterocycles. The summed E-state index contributed by atoms with van der Waals surface area (Å²) in [6.07, 6.45) is 5.06. The van der Waals surface area contributed by atoms with E-state index in [9.17, 15) is 4.79 Å². The van der Waals surface area contributed by atoms with Gasteiger partial charge in [0.15, 0.2) is 0 Å². The van der Waals surface area contributed by atoms with Crippen LogP contribution >= 0.6 is 11.6 Å². The van der Waals surface area contributed by atoms with Crippen molar-refractivity contribution in [3.05, 3.63) is 0 Å². The third kappa shape index (κ3) is 3.49. The van der Waals surface area contributed by atoms with Gasteiger partial charge in [-0.2, -0.15) is 0 Å². The molecule has 0 spiro atoms. The molecule has 0 atom stereocenters. The first-order valence-electron chi connectivity index (χ1n) is 5.61. The molecule has 1 rings (SSSR count). The van der Waals surface area contributed by atoms with Gasteiger partial charge in [0.05, 0.1) is 0 Å². The van der Waals surface area contributed by atoms with E-state index in [0.29, 0.717) is 18.2 Å². The van der Waals surface area contributed by atoms with Gasteiger partial charge in [0.1, 0.15) is 0 Å². The third-order valence-electron chi connectivity index (χ3n) is 3.07. The van der Waals surface area contributed by atoms with Crippen molar-refractivity contribution < 1.29 is 4.79 Å². The highest BCUT2D eigenvalue weighted by atomic mass is 35.5. The van der Waals surface area contributed by atoms with E-state index in [1.165, 1.54) is 19.3 Å². The van der Waals surface area contributed by atoms with E-state index < -0.39 is 0 Å². The van der Waals surface area contributed by atoms with Crippen molar-refractivity contribution in [3.63, 3.8) is 0 Å². The van der Waals surface area contributed by atoms with E-state index in [0.717, 1.165) is 25.4 Å². The summed E-state index contributed by atoms with van der Waals surface area (Å²) in [5.74, 6) is 1.73. The molecule has 0 aromatic heterocycles. The number of hydrogen-bond acceptors (Lipinski definition) is 1. The first-order valence-corrected chi connectivity index (χ1v) is 6.15. The van der Waals surface area contributed by atoms with Crippen LogP contribution in [0.15, 0.2) is 0 Å². The first kappa shape index (κ1) is 11.8. The highest BCUT2D eigenvalue weighted by Crippen LogP contribution is 2.20. The summed E-state index contributed by atoms with van der Waals surface area (Å²) in [4.78, 5) is 13.6. The fourth-order valence-electron chi connectivity index (χ4n) is 1.97. The lowest BCUT2D eigenvalue weighted by molar-refractivity contribution is -0.132. The van der Waals surface area contributed by atoms with E-state index in [-0.39, 0.29) is 0 Å². The van der Waals surface area contributed by atoms with Crippen molar-refractivity contribution in [2.24, 2.45) is 5.92 Å². The van der Waals surface area contributed by atoms with Crippen molar-refractivity contribution in [1.29, 1.82) is 0 Å². The van der Waals surface area contributed by atoms with Crippen LogP contribution in [0.4, 0.5) is 0 Å². The molecule has 0 bridgehead atoms. The number of alkyl halides is 1. The normalized spacial score (nSPS) is 18.6. The Hall–Kier alpha value is -0.240. The van der Waals surface area contributed by atoms with Gasteiger partial charge in [-0.3, -0.25) is 4.79 Å². The van der Waals surface area contributed by atoms with Crippen LogP contribution in [-0.4, -0.2) is 29.8 Å². The SMILES string of the molecule is CCC1CCN(C(=O)CCCCl)CC1. The average molecular weight is 218 g/mol. The Balaban J connectivity index is 2.23. The number of rotatable bonds is 4. The van der Waals surface area contributed by atoms with Gasteiger partial charge in [-0.25, -0.2) is 0 Å². The molecule has 1 fully saturated rings. The summed E-state index contributed by atoms with van der Waals surface area (Å²) in [5.41, 5.74) is 0. The Morgan fingerprint density at radius 2 is 2.07 bits per heavy atom. The Kier molecular flexibility index (Phi) is 5.31. The molecular formula is C11H20ClNO. The predicted molar refractivity (Wildman–Crippen MR) is 59.5 cm³/mol. The zero-order valence-electron chi connectivity index (χ0n) is 8.97. The molecule has 14 heavy (non-hydrogen) atoms. The molecule has 0 aromatic rings. The van der Waals surface area contributed by atoms with Crippen LogP contribution in [0.5, 0.6) is 0 Å². The minimum absolute atomic E-state index is 0.292. The van der Waals surface area contributed by atoms with Crippen LogP contribution in [-0.2, 0) is 4.79 Å². The second-order valence-electron chi connectivity index (χ2n) is 4.02. The van der Waals surface area contributed by atoms with Crippen LogP contribution in [0.1, 0.15) is 39.0 Å². The lowest BCUT2D eigenvalue weighted by atomic mass is 9.94. The van der Waals surface area contributed by atoms with E-state index in [1.54, 1.807) is 0 Å². The summed E-state index contributed by atoms with van der Waals surface area (Å²) < 4.78 is 0. The molecular weight excluding hydrogens is 198 g/mol. The molecule has 2 nitrogen and oxygen atoms in total. The third-order valence-corrected chi connectivity index (χ3v) is 3.34. The summed E-state index contributed by atoms with van der Waals surface area (Å²) in [7, 11) is 0. The number of hydrogen-bond donors (Lipinski definition) is 0. The number of carbonyl (C=O) groups is 1. The molecule has 82 valence electrons. The van der Waals surface area contributed by atoms with Crippen LogP contribution in [0.25, 0.3) is 0 Å². The molecule has 3 heteroatoms. The molecule has 1 amide bonds. The van der Waals surface area contributed by atoms with Crippen molar-refractivity contribution in [3.8, 4) is 0 Å². The maximum absolute atomic E-state index is 11.6. The minimum atomic E-state index is 0.292. The smallest absolute Gasteiger partial charge is 0.222 e. The molecule has 1 saturated heterocycles. The van der Waals surface area contributed by atoms with Gasteiger partial charge in [0, 0.05) is 25.4 Å². The second kappa shape index (κ2) is 6.28. The zero-order chi connectivity index (χ0) is 10.4. The van der Waals surface area contributed by atoms with Gasteiger partial charge >= 0.3 is 0 Å². The van der Waals surface area contributed by atoms with Crippen LogP contribution < -0.4 is 0 Å². The molecule has 0 saturated carbocycles. The molecule has 0 aliphatic carbocycles. The topological polar surface area (TPSA) is 20.3 Å². The standard InChI is InChI=1S/C11H20ClNO/c1-2-10-5-8-13(9-6-10)11(14)4-3-7-12/h10H,2-9H2,1H3. The lowest BCUT2D eigenvalue weighted by Gasteiger charge is -2.31. The maximum Gasteiger partial charge on any atom is 0.222 e. The van der Waals surface area contributed by atoms with Gasteiger partial charge in [-0.1, -0.05) is 13.3 Å². The fourth-order valence-corrected chi connectivity index (χ4v) is 2.10. The first-order chi connectivity index (χ1) is 6.77. The van der Waals surface area contributed by atoms with Crippen LogP contribution in [0.3, 0.4) is 0 Å². The Bertz CT molecular complexity index is 176. The highest BCUT2D eigenvalue weighted by molar-refractivity contribution is 6.17. The largest absolute Gasteiger partial charge is 0.343 e. The number of likely N-dealkylation sites (tertiary alicyclic amines) is 1. The quantitative estimate of drug-likeness (QED) is 0.663.